The molecule has 32 heavy (non-hydrogen) atoms. The molecule has 0 fully saturated rings. The average Bonchev–Trinajstić information content (AvgIpc) is 3.25. The molecule has 3 heterocycles. The number of carbonyl (C=O) groups excluding carboxylic acids is 1. The van der Waals surface area contributed by atoms with Gasteiger partial charge in [-0.15, -0.1) is 0 Å². The molecule has 0 aliphatic carbocycles. The second kappa shape index (κ2) is 8.26. The monoisotopic (exact) mass is 432 g/mol. The van der Waals surface area contributed by atoms with E-state index in [2.05, 4.69) is 0 Å². The van der Waals surface area contributed by atoms with Gasteiger partial charge in [-0.3, -0.25) is 4.79 Å². The van der Waals surface area contributed by atoms with E-state index in [0.29, 0.717) is 64.5 Å². The summed E-state index contributed by atoms with van der Waals surface area (Å²) in [5.74, 6) is 1.07. The van der Waals surface area contributed by atoms with Crippen molar-refractivity contribution in [3.8, 4) is 28.4 Å². The highest BCUT2D eigenvalue weighted by atomic mass is 16.5. The van der Waals surface area contributed by atoms with Crippen molar-refractivity contribution in [1.29, 1.82) is 0 Å². The Bertz CT molecular complexity index is 1350. The molecule has 0 amide bonds. The van der Waals surface area contributed by atoms with Crippen LogP contribution in [0, 0.1) is 0 Å². The fraction of sp³-hybridized carbons (Fsp3) is 0.200. The highest BCUT2D eigenvalue weighted by Gasteiger charge is 2.18. The van der Waals surface area contributed by atoms with Gasteiger partial charge in [0.25, 0.3) is 0 Å². The van der Waals surface area contributed by atoms with E-state index in [0.717, 1.165) is 6.42 Å². The number of hydrogen-bond donors (Lipinski definition) is 0. The van der Waals surface area contributed by atoms with Crippen molar-refractivity contribution in [1.82, 2.24) is 0 Å². The van der Waals surface area contributed by atoms with Crippen LogP contribution in [0.25, 0.3) is 22.1 Å². The van der Waals surface area contributed by atoms with Gasteiger partial charge in [0.05, 0.1) is 30.4 Å². The Morgan fingerprint density at radius 3 is 2.66 bits per heavy atom. The molecule has 0 atom stereocenters. The summed E-state index contributed by atoms with van der Waals surface area (Å²) >= 11 is 0. The van der Waals surface area contributed by atoms with E-state index in [1.54, 1.807) is 30.3 Å². The summed E-state index contributed by atoms with van der Waals surface area (Å²) < 4.78 is 27.8. The number of furan rings is 1. The van der Waals surface area contributed by atoms with Crippen molar-refractivity contribution >= 4 is 16.9 Å². The van der Waals surface area contributed by atoms with E-state index in [1.807, 2.05) is 13.0 Å². The second-order valence-corrected chi connectivity index (χ2v) is 7.37. The van der Waals surface area contributed by atoms with E-state index < -0.39 is 5.97 Å². The van der Waals surface area contributed by atoms with E-state index in [4.69, 9.17) is 23.0 Å². The van der Waals surface area contributed by atoms with Crippen LogP contribution in [-0.2, 0) is 6.42 Å². The van der Waals surface area contributed by atoms with Crippen LogP contribution in [0.3, 0.4) is 0 Å². The predicted octanol–water partition coefficient (Wildman–Crippen LogP) is 5.00. The highest BCUT2D eigenvalue weighted by molar-refractivity contribution is 5.90. The van der Waals surface area contributed by atoms with Crippen molar-refractivity contribution < 1.29 is 27.8 Å². The lowest BCUT2D eigenvalue weighted by molar-refractivity contribution is 0.0700. The average molecular weight is 432 g/mol. The van der Waals surface area contributed by atoms with Gasteiger partial charge in [0.15, 0.2) is 11.5 Å². The van der Waals surface area contributed by atoms with E-state index >= 15 is 0 Å². The van der Waals surface area contributed by atoms with Gasteiger partial charge < -0.3 is 23.0 Å². The first-order valence-corrected chi connectivity index (χ1v) is 10.4. The molecule has 2 aromatic heterocycles. The Morgan fingerprint density at radius 1 is 1.03 bits per heavy atom. The molecule has 0 saturated carbocycles. The summed E-state index contributed by atoms with van der Waals surface area (Å²) in [6.07, 6.45) is 4.17. The van der Waals surface area contributed by atoms with Crippen molar-refractivity contribution in [3.05, 3.63) is 76.5 Å². The van der Waals surface area contributed by atoms with E-state index in [-0.39, 0.29) is 11.2 Å². The summed E-state index contributed by atoms with van der Waals surface area (Å²) in [6, 6.07) is 11.8. The Kier molecular flexibility index (Phi) is 5.15. The molecule has 0 bridgehead atoms. The van der Waals surface area contributed by atoms with Gasteiger partial charge in [0.1, 0.15) is 17.6 Å². The van der Waals surface area contributed by atoms with Crippen LogP contribution in [0.4, 0.5) is 0 Å². The van der Waals surface area contributed by atoms with Gasteiger partial charge >= 0.3 is 5.97 Å². The fourth-order valence-electron chi connectivity index (χ4n) is 3.65. The highest BCUT2D eigenvalue weighted by Crippen LogP contribution is 2.34. The van der Waals surface area contributed by atoms with Crippen molar-refractivity contribution in [2.45, 2.75) is 19.8 Å². The molecule has 2 aromatic carbocycles. The van der Waals surface area contributed by atoms with Crippen LogP contribution in [0.15, 0.2) is 68.6 Å². The largest absolute Gasteiger partial charge is 0.490 e. The summed E-state index contributed by atoms with van der Waals surface area (Å²) in [5.41, 5.74) is 1.94. The summed E-state index contributed by atoms with van der Waals surface area (Å²) in [4.78, 5) is 25.6. The Balaban J connectivity index is 1.55. The molecule has 0 unspecified atom stereocenters. The zero-order valence-corrected chi connectivity index (χ0v) is 17.4. The number of carbonyl (C=O) groups is 1. The molecular weight excluding hydrogens is 412 g/mol. The third-order valence-electron chi connectivity index (χ3n) is 5.32. The first-order chi connectivity index (χ1) is 15.6. The maximum Gasteiger partial charge on any atom is 0.379 e. The van der Waals surface area contributed by atoms with Gasteiger partial charge in [-0.1, -0.05) is 13.0 Å². The zero-order chi connectivity index (χ0) is 22.1. The van der Waals surface area contributed by atoms with Gasteiger partial charge in [-0.25, -0.2) is 4.79 Å². The lowest BCUT2D eigenvalue weighted by atomic mass is 10.0. The van der Waals surface area contributed by atoms with Crippen LogP contribution in [-0.4, -0.2) is 19.2 Å². The first-order valence-electron chi connectivity index (χ1n) is 10.4. The molecule has 5 rings (SSSR count). The quantitative estimate of drug-likeness (QED) is 0.331. The van der Waals surface area contributed by atoms with E-state index in [1.165, 1.54) is 18.6 Å². The number of aryl methyl sites for hydroxylation is 1. The van der Waals surface area contributed by atoms with Gasteiger partial charge in [-0.2, -0.15) is 0 Å². The number of hydrogen-bond acceptors (Lipinski definition) is 7. The molecule has 7 heteroatoms. The molecule has 0 radical (unpaired) electrons. The molecular formula is C25H20O7. The smallest absolute Gasteiger partial charge is 0.379 e. The van der Waals surface area contributed by atoms with Gasteiger partial charge in [-0.05, 0) is 47.9 Å². The second-order valence-electron chi connectivity index (χ2n) is 7.37. The number of rotatable bonds is 4. The molecule has 0 spiro atoms. The lowest BCUT2D eigenvalue weighted by Crippen LogP contribution is -2.10. The maximum absolute atomic E-state index is 13.3. The van der Waals surface area contributed by atoms with Crippen molar-refractivity contribution in [2.75, 3.05) is 13.2 Å². The lowest BCUT2D eigenvalue weighted by Gasteiger charge is -2.11. The Labute approximate surface area is 183 Å². The number of ether oxygens (including phenoxy) is 3. The van der Waals surface area contributed by atoms with Crippen molar-refractivity contribution in [2.24, 2.45) is 0 Å². The molecule has 162 valence electrons. The minimum Gasteiger partial charge on any atom is -0.490 e. The van der Waals surface area contributed by atoms with Crippen LogP contribution in [0.5, 0.6) is 17.2 Å². The van der Waals surface area contributed by atoms with E-state index in [9.17, 15) is 9.59 Å². The summed E-state index contributed by atoms with van der Waals surface area (Å²) in [7, 11) is 0. The van der Waals surface area contributed by atoms with Gasteiger partial charge in [0.2, 0.25) is 11.2 Å². The Hall–Kier alpha value is -4.00. The molecule has 1 aliphatic heterocycles. The van der Waals surface area contributed by atoms with Gasteiger partial charge in [0, 0.05) is 12.5 Å². The third-order valence-corrected chi connectivity index (χ3v) is 5.32. The van der Waals surface area contributed by atoms with Crippen molar-refractivity contribution in [3.63, 3.8) is 0 Å². The van der Waals surface area contributed by atoms with Crippen LogP contribution in [0.1, 0.15) is 29.5 Å². The standard InChI is InChI=1S/C25H20O7/c1-2-15-11-17-22(13-21(15)32-25(27)20-5-3-8-29-20)31-14-18(24(17)26)16-6-7-19-23(12-16)30-10-4-9-28-19/h3,5-8,11-14H,2,4,9-10H2,1H3. The predicted molar refractivity (Wildman–Crippen MR) is 117 cm³/mol. The number of fused-ring (bicyclic) bond motifs is 2. The van der Waals surface area contributed by atoms with Crippen LogP contribution >= 0.6 is 0 Å². The number of esters is 1. The maximum atomic E-state index is 13.3. The molecule has 1 aliphatic rings. The third kappa shape index (κ3) is 3.62. The zero-order valence-electron chi connectivity index (χ0n) is 17.4. The normalized spacial score (nSPS) is 13.0. The molecule has 4 aromatic rings. The number of benzene rings is 2. The molecule has 0 saturated heterocycles. The Morgan fingerprint density at radius 2 is 1.88 bits per heavy atom. The summed E-state index contributed by atoms with van der Waals surface area (Å²) in [6.45, 7) is 3.07. The van der Waals surface area contributed by atoms with Crippen LogP contribution < -0.4 is 19.6 Å². The fourth-order valence-corrected chi connectivity index (χ4v) is 3.65. The SMILES string of the molecule is CCc1cc2c(=O)c(-c3ccc4c(c3)OCCCO4)coc2cc1OC(=O)c1ccco1. The molecule has 0 N–H and O–H groups in total. The topological polar surface area (TPSA) is 88.1 Å². The van der Waals surface area contributed by atoms with Crippen LogP contribution in [0.2, 0.25) is 0 Å². The molecule has 7 nitrogen and oxygen atoms in total. The minimum absolute atomic E-state index is 0.0957. The summed E-state index contributed by atoms with van der Waals surface area (Å²) in [5, 5.41) is 0.407. The minimum atomic E-state index is -0.616. The first kappa shape index (κ1) is 19.9.